The van der Waals surface area contributed by atoms with Crippen molar-refractivity contribution in [1.82, 2.24) is 5.32 Å². The van der Waals surface area contributed by atoms with Gasteiger partial charge in [-0.25, -0.2) is 0 Å². The molecule has 5 rings (SSSR count). The highest BCUT2D eigenvalue weighted by molar-refractivity contribution is 8.00. The first-order valence-electron chi connectivity index (χ1n) is 15.6. The molecule has 248 valence electrons. The first-order valence-corrected chi connectivity index (χ1v) is 16.4. The summed E-state index contributed by atoms with van der Waals surface area (Å²) in [6.07, 6.45) is 1.57. The third kappa shape index (κ3) is 8.97. The first-order chi connectivity index (χ1) is 23.7. The van der Waals surface area contributed by atoms with Crippen LogP contribution >= 0.6 is 11.8 Å². The number of aryl methyl sites for hydroxylation is 1. The fourth-order valence-electron chi connectivity index (χ4n) is 4.99. The van der Waals surface area contributed by atoms with Gasteiger partial charge >= 0.3 is 0 Å². The van der Waals surface area contributed by atoms with Crippen LogP contribution in [0.25, 0.3) is 6.08 Å². The largest absolute Gasteiger partial charge is 0.493 e. The van der Waals surface area contributed by atoms with Gasteiger partial charge in [-0.15, -0.1) is 11.8 Å². The van der Waals surface area contributed by atoms with Gasteiger partial charge in [0.25, 0.3) is 11.8 Å². The molecule has 8 nitrogen and oxygen atoms in total. The van der Waals surface area contributed by atoms with E-state index in [1.54, 1.807) is 67.8 Å². The summed E-state index contributed by atoms with van der Waals surface area (Å²) in [5.41, 5.74) is 5.34. The topological polar surface area (TPSA) is 106 Å². The Labute approximate surface area is 290 Å². The number of amides is 3. The molecule has 9 heteroatoms. The van der Waals surface area contributed by atoms with Gasteiger partial charge < -0.3 is 25.4 Å². The molecule has 3 N–H and O–H groups in total. The van der Waals surface area contributed by atoms with Crippen molar-refractivity contribution >= 4 is 46.9 Å². The number of nitrogens with one attached hydrogen (secondary N) is 3. The minimum atomic E-state index is -0.522. The zero-order valence-corrected chi connectivity index (χ0v) is 28.5. The number of thioether (sulfide) groups is 1. The molecule has 49 heavy (non-hydrogen) atoms. The molecular weight excluding hydrogens is 635 g/mol. The smallest absolute Gasteiger partial charge is 0.272 e. The van der Waals surface area contributed by atoms with E-state index in [1.165, 1.54) is 18.9 Å². The van der Waals surface area contributed by atoms with E-state index in [0.717, 1.165) is 27.3 Å². The van der Waals surface area contributed by atoms with Crippen molar-refractivity contribution in [2.75, 3.05) is 24.9 Å². The maximum absolute atomic E-state index is 13.6. The summed E-state index contributed by atoms with van der Waals surface area (Å²) >= 11 is 1.41. The molecule has 1 atom stereocenters. The van der Waals surface area contributed by atoms with E-state index in [4.69, 9.17) is 9.47 Å². The molecule has 0 aliphatic rings. The summed E-state index contributed by atoms with van der Waals surface area (Å²) in [6, 6.07) is 36.5. The van der Waals surface area contributed by atoms with Crippen LogP contribution in [0.5, 0.6) is 11.5 Å². The maximum atomic E-state index is 13.6. The van der Waals surface area contributed by atoms with Gasteiger partial charge in [0, 0.05) is 21.8 Å². The van der Waals surface area contributed by atoms with Gasteiger partial charge in [-0.2, -0.15) is 0 Å². The molecule has 5 aromatic carbocycles. The van der Waals surface area contributed by atoms with Crippen molar-refractivity contribution in [1.29, 1.82) is 0 Å². The van der Waals surface area contributed by atoms with E-state index in [-0.39, 0.29) is 11.6 Å². The highest BCUT2D eigenvalue weighted by Crippen LogP contribution is 2.37. The van der Waals surface area contributed by atoms with Gasteiger partial charge in [0.05, 0.1) is 14.2 Å². The second-order valence-corrected chi connectivity index (χ2v) is 12.3. The van der Waals surface area contributed by atoms with E-state index in [9.17, 15) is 14.4 Å². The number of methoxy groups -OCH3 is 2. The molecule has 1 unspecified atom stereocenters. The lowest BCUT2D eigenvalue weighted by atomic mass is 10.1. The number of carbonyl (C=O) groups excluding carboxylic acids is 3. The van der Waals surface area contributed by atoms with E-state index < -0.39 is 17.1 Å². The SMILES string of the molecule is COc1ccc(/C=C(\NC(=O)c2ccccc2)C(=O)Nc2ccc(SC(C(=O)Nc3cccc(C)c3C)c3ccccc3)cc2)cc1OC. The van der Waals surface area contributed by atoms with Gasteiger partial charge in [0.1, 0.15) is 10.9 Å². The average molecular weight is 672 g/mol. The molecule has 0 radical (unpaired) electrons. The second-order valence-electron chi connectivity index (χ2n) is 11.1. The second kappa shape index (κ2) is 16.3. The summed E-state index contributed by atoms with van der Waals surface area (Å²) in [7, 11) is 3.07. The maximum Gasteiger partial charge on any atom is 0.272 e. The zero-order chi connectivity index (χ0) is 34.8. The summed E-state index contributed by atoms with van der Waals surface area (Å²) in [6.45, 7) is 4.01. The minimum Gasteiger partial charge on any atom is -0.493 e. The molecule has 0 heterocycles. The number of carbonyl (C=O) groups is 3. The normalized spacial score (nSPS) is 11.6. The van der Waals surface area contributed by atoms with E-state index in [1.807, 2.05) is 80.6 Å². The Balaban J connectivity index is 1.36. The first kappa shape index (κ1) is 34.5. The van der Waals surface area contributed by atoms with Crippen molar-refractivity contribution in [2.45, 2.75) is 24.0 Å². The lowest BCUT2D eigenvalue weighted by Crippen LogP contribution is -2.30. The Kier molecular flexibility index (Phi) is 11.5. The number of anilines is 2. The lowest BCUT2D eigenvalue weighted by molar-refractivity contribution is -0.116. The minimum absolute atomic E-state index is 0.0341. The van der Waals surface area contributed by atoms with E-state index in [0.29, 0.717) is 28.3 Å². The van der Waals surface area contributed by atoms with Crippen molar-refractivity contribution in [3.8, 4) is 11.5 Å². The van der Waals surface area contributed by atoms with Crippen LogP contribution in [-0.2, 0) is 9.59 Å². The van der Waals surface area contributed by atoms with E-state index in [2.05, 4.69) is 16.0 Å². The van der Waals surface area contributed by atoms with Crippen LogP contribution in [0.4, 0.5) is 11.4 Å². The standard InChI is InChI=1S/C40H37N3O5S/c1-26-12-11-17-33(27(26)2)42-40(46)37(29-13-7-5-8-14-29)49-32-21-19-31(20-22-32)41-39(45)34(43-38(44)30-15-9-6-10-16-30)24-28-18-23-35(47-3)36(25-28)48-4/h5-25,37H,1-4H3,(H,41,45)(H,42,46)(H,43,44)/b34-24-. The number of rotatable bonds is 12. The van der Waals surface area contributed by atoms with Crippen molar-refractivity contribution < 1.29 is 23.9 Å². The van der Waals surface area contributed by atoms with Crippen molar-refractivity contribution in [3.63, 3.8) is 0 Å². The molecule has 0 spiro atoms. The van der Waals surface area contributed by atoms with Crippen LogP contribution in [0.3, 0.4) is 0 Å². The highest BCUT2D eigenvalue weighted by atomic mass is 32.2. The quantitative estimate of drug-likeness (QED) is 0.0913. The molecule has 0 aliphatic heterocycles. The van der Waals surface area contributed by atoms with Crippen LogP contribution in [0.2, 0.25) is 0 Å². The molecule has 5 aromatic rings. The number of benzene rings is 5. The predicted octanol–water partition coefficient (Wildman–Crippen LogP) is 8.20. The van der Waals surface area contributed by atoms with Crippen LogP contribution in [0.15, 0.2) is 132 Å². The molecule has 0 fully saturated rings. The van der Waals surface area contributed by atoms with Gasteiger partial charge in [-0.3, -0.25) is 14.4 Å². The van der Waals surface area contributed by atoms with E-state index >= 15 is 0 Å². The molecule has 0 saturated heterocycles. The van der Waals surface area contributed by atoms with Crippen molar-refractivity contribution in [2.24, 2.45) is 0 Å². The number of ether oxygens (including phenoxy) is 2. The Hall–Kier alpha value is -5.80. The van der Waals surface area contributed by atoms with Crippen LogP contribution in [0, 0.1) is 13.8 Å². The summed E-state index contributed by atoms with van der Waals surface area (Å²) in [5, 5.41) is 8.22. The van der Waals surface area contributed by atoms with Crippen LogP contribution in [0.1, 0.15) is 37.9 Å². The zero-order valence-electron chi connectivity index (χ0n) is 27.7. The summed E-state index contributed by atoms with van der Waals surface area (Å²) in [4.78, 5) is 41.2. The lowest BCUT2D eigenvalue weighted by Gasteiger charge is -2.19. The third-order valence-electron chi connectivity index (χ3n) is 7.82. The Morgan fingerprint density at radius 3 is 2.06 bits per heavy atom. The predicted molar refractivity (Wildman–Crippen MR) is 196 cm³/mol. The van der Waals surface area contributed by atoms with Crippen molar-refractivity contribution in [3.05, 3.63) is 155 Å². The number of hydrogen-bond donors (Lipinski definition) is 3. The molecule has 0 aliphatic carbocycles. The van der Waals surface area contributed by atoms with Gasteiger partial charge in [0.2, 0.25) is 5.91 Å². The Morgan fingerprint density at radius 2 is 1.39 bits per heavy atom. The molecule has 0 aromatic heterocycles. The molecular formula is C40H37N3O5S. The Bertz CT molecular complexity index is 1960. The fraction of sp³-hybridized carbons (Fsp3) is 0.125. The highest BCUT2D eigenvalue weighted by Gasteiger charge is 2.23. The summed E-state index contributed by atoms with van der Waals surface area (Å²) < 4.78 is 10.8. The fourth-order valence-corrected chi connectivity index (χ4v) is 6.01. The third-order valence-corrected chi connectivity index (χ3v) is 9.08. The monoisotopic (exact) mass is 671 g/mol. The van der Waals surface area contributed by atoms with Crippen LogP contribution < -0.4 is 25.4 Å². The summed E-state index contributed by atoms with van der Waals surface area (Å²) in [5.74, 6) is -0.0691. The van der Waals surface area contributed by atoms with Gasteiger partial charge in [-0.05, 0) is 96.8 Å². The molecule has 0 bridgehead atoms. The Morgan fingerprint density at radius 1 is 0.714 bits per heavy atom. The van der Waals surface area contributed by atoms with Gasteiger partial charge in [-0.1, -0.05) is 66.7 Å². The average Bonchev–Trinajstić information content (AvgIpc) is 3.13. The number of hydrogen-bond acceptors (Lipinski definition) is 6. The van der Waals surface area contributed by atoms with Crippen LogP contribution in [-0.4, -0.2) is 31.9 Å². The molecule has 0 saturated carbocycles. The molecule has 3 amide bonds. The van der Waals surface area contributed by atoms with Gasteiger partial charge in [0.15, 0.2) is 11.5 Å².